The number of rotatable bonds is 4. The van der Waals surface area contributed by atoms with Gasteiger partial charge in [-0.2, -0.15) is 0 Å². The molecule has 40 heavy (non-hydrogen) atoms. The van der Waals surface area contributed by atoms with Crippen LogP contribution in [0.3, 0.4) is 0 Å². The molecule has 3 aromatic heterocycles. The second kappa shape index (κ2) is 12.4. The molecule has 0 saturated heterocycles. The van der Waals surface area contributed by atoms with Gasteiger partial charge in [0.1, 0.15) is 5.58 Å². The van der Waals surface area contributed by atoms with Crippen LogP contribution >= 0.6 is 0 Å². The van der Waals surface area contributed by atoms with E-state index in [4.69, 9.17) is 8.53 Å². The van der Waals surface area contributed by atoms with E-state index in [9.17, 15) is 0 Å². The van der Waals surface area contributed by atoms with Crippen molar-refractivity contribution in [1.29, 1.82) is 0 Å². The summed E-state index contributed by atoms with van der Waals surface area (Å²) in [5, 5.41) is 3.87. The Bertz CT molecular complexity index is 1830. The Labute approximate surface area is 256 Å². The first kappa shape index (κ1) is 25.6. The molecule has 1 radical (unpaired) electrons. The van der Waals surface area contributed by atoms with E-state index in [1.54, 1.807) is 18.2 Å². The van der Waals surface area contributed by atoms with Gasteiger partial charge in [0.25, 0.3) is 0 Å². The van der Waals surface area contributed by atoms with Crippen LogP contribution in [-0.2, 0) is 20.1 Å². The fourth-order valence-corrected chi connectivity index (χ4v) is 6.26. The molecule has 3 heterocycles. The maximum atomic E-state index is 7.23. The minimum absolute atomic E-state index is 0. The molecule has 0 atom stereocenters. The molecule has 0 aliphatic carbocycles. The number of pyridine rings is 2. The van der Waals surface area contributed by atoms with Gasteiger partial charge < -0.3 is 14.4 Å². The van der Waals surface area contributed by atoms with Gasteiger partial charge in [0.2, 0.25) is 0 Å². The normalized spacial score (nSPS) is 12.7. The van der Waals surface area contributed by atoms with Crippen LogP contribution in [-0.4, -0.2) is 18.0 Å². The maximum absolute atomic E-state index is 7.23. The standard InChI is InChI=1S/C23H24NOSi.C12H10N.Ir/c1-15(2)16-12-13-24-19(14-16)17-8-6-9-18-22-20(25-23(17)18)10-7-11-21(22)26(3,4)5;1-10-7-8-12(13-9-10)11-5-3-2-4-6-11;/h6-7,9-15H,1-5H3;2-5,7-9H,1H3;/q2*-1;/i;1D3;. The summed E-state index contributed by atoms with van der Waals surface area (Å²) < 4.78 is 28.0. The van der Waals surface area contributed by atoms with Gasteiger partial charge in [-0.15, -0.1) is 54.1 Å². The topological polar surface area (TPSA) is 38.9 Å². The van der Waals surface area contributed by atoms with Crippen molar-refractivity contribution in [3.63, 3.8) is 0 Å². The summed E-state index contributed by atoms with van der Waals surface area (Å²) in [7, 11) is -1.49. The van der Waals surface area contributed by atoms with Gasteiger partial charge in [-0.3, -0.25) is 0 Å². The number of hydrogen-bond acceptors (Lipinski definition) is 3. The summed E-state index contributed by atoms with van der Waals surface area (Å²) in [6.45, 7) is 9.44. The van der Waals surface area contributed by atoms with Crippen molar-refractivity contribution < 1.29 is 28.6 Å². The van der Waals surface area contributed by atoms with Crippen LogP contribution in [0.4, 0.5) is 0 Å². The zero-order valence-electron chi connectivity index (χ0n) is 26.4. The van der Waals surface area contributed by atoms with E-state index in [0.29, 0.717) is 5.92 Å². The van der Waals surface area contributed by atoms with Crippen LogP contribution in [0.15, 0.2) is 95.7 Å². The van der Waals surface area contributed by atoms with Crippen LogP contribution in [0.5, 0.6) is 0 Å². The molecule has 6 rings (SSSR count). The summed E-state index contributed by atoms with van der Waals surface area (Å²) in [5.41, 5.74) is 6.85. The van der Waals surface area contributed by atoms with Crippen molar-refractivity contribution in [2.75, 3.05) is 0 Å². The maximum Gasteiger partial charge on any atom is 0.120 e. The molecule has 0 bridgehead atoms. The fraction of sp³-hybridized carbons (Fsp3) is 0.200. The molecular formula is C35H34IrN2OSi-2. The molecule has 0 aliphatic rings. The van der Waals surface area contributed by atoms with E-state index in [1.807, 2.05) is 30.5 Å². The molecular weight excluding hydrogens is 685 g/mol. The fourth-order valence-electron chi connectivity index (χ4n) is 4.65. The van der Waals surface area contributed by atoms with Gasteiger partial charge in [-0.1, -0.05) is 85.5 Å². The monoisotopic (exact) mass is 722 g/mol. The first-order chi connectivity index (χ1) is 19.9. The first-order valence-corrected chi connectivity index (χ1v) is 16.7. The first-order valence-electron chi connectivity index (χ1n) is 14.7. The van der Waals surface area contributed by atoms with Crippen LogP contribution in [0.1, 0.15) is 35.0 Å². The van der Waals surface area contributed by atoms with Gasteiger partial charge in [-0.05, 0) is 41.9 Å². The molecule has 3 nitrogen and oxygen atoms in total. The van der Waals surface area contributed by atoms with E-state index >= 15 is 0 Å². The molecule has 0 unspecified atom stereocenters. The molecule has 0 N–H and O–H groups in total. The molecule has 205 valence electrons. The minimum atomic E-state index is -2.09. The predicted molar refractivity (Wildman–Crippen MR) is 166 cm³/mol. The predicted octanol–water partition coefficient (Wildman–Crippen LogP) is 8.97. The molecule has 0 saturated carbocycles. The van der Waals surface area contributed by atoms with Gasteiger partial charge in [0.05, 0.1) is 13.7 Å². The van der Waals surface area contributed by atoms with Crippen LogP contribution in [0.25, 0.3) is 44.5 Å². The van der Waals surface area contributed by atoms with E-state index < -0.39 is 14.9 Å². The number of nitrogens with zero attached hydrogens (tertiary/aromatic N) is 2. The number of aromatic nitrogens is 2. The van der Waals surface area contributed by atoms with E-state index in [0.717, 1.165) is 33.7 Å². The summed E-state index contributed by atoms with van der Waals surface area (Å²) in [6.07, 6.45) is 3.27. The number of furan rings is 1. The second-order valence-electron chi connectivity index (χ2n) is 11.0. The van der Waals surface area contributed by atoms with Crippen molar-refractivity contribution in [2.24, 2.45) is 0 Å². The average Bonchev–Trinajstić information content (AvgIpc) is 3.36. The van der Waals surface area contributed by atoms with E-state index in [-0.39, 0.29) is 25.7 Å². The zero-order chi connectivity index (χ0) is 30.1. The van der Waals surface area contributed by atoms with Crippen molar-refractivity contribution >= 4 is 35.2 Å². The average molecular weight is 722 g/mol. The quantitative estimate of drug-likeness (QED) is 0.135. The molecule has 6 aromatic rings. The van der Waals surface area contributed by atoms with Gasteiger partial charge in [0, 0.05) is 42.0 Å². The third-order valence-corrected chi connectivity index (χ3v) is 8.75. The molecule has 0 spiro atoms. The summed E-state index contributed by atoms with van der Waals surface area (Å²) >= 11 is 0. The number of aryl methyl sites for hydroxylation is 1. The second-order valence-corrected chi connectivity index (χ2v) is 16.0. The Kier molecular flexibility index (Phi) is 7.95. The third-order valence-electron chi connectivity index (χ3n) is 6.72. The van der Waals surface area contributed by atoms with Crippen LogP contribution < -0.4 is 5.19 Å². The summed E-state index contributed by atoms with van der Waals surface area (Å²) in [5.74, 6) is 0.463. The SMILES string of the molecule is CC(C)c1ccnc(-c2[c-]ccc3c2oc2cccc([Si](C)(C)C)c23)c1.[2H]C([2H])([2H])c1ccc(-c2[c-]cccc2)nc1.[Ir]. The summed E-state index contributed by atoms with van der Waals surface area (Å²) in [6, 6.07) is 31.9. The number of benzene rings is 3. The van der Waals surface area contributed by atoms with Crippen molar-refractivity contribution in [3.8, 4) is 22.5 Å². The van der Waals surface area contributed by atoms with Crippen LogP contribution in [0, 0.1) is 19.0 Å². The molecule has 5 heteroatoms. The Hall–Kier alpha value is -3.37. The zero-order valence-corrected chi connectivity index (χ0v) is 26.8. The molecule has 0 amide bonds. The smallest absolute Gasteiger partial charge is 0.120 e. The van der Waals surface area contributed by atoms with Crippen LogP contribution in [0.2, 0.25) is 19.6 Å². The Balaban J connectivity index is 0.000000215. The summed E-state index contributed by atoms with van der Waals surface area (Å²) in [4.78, 5) is 8.73. The Morgan fingerprint density at radius 2 is 1.73 bits per heavy atom. The molecule has 0 aliphatic heterocycles. The number of fused-ring (bicyclic) bond motifs is 3. The van der Waals surface area contributed by atoms with Crippen molar-refractivity contribution in [3.05, 3.63) is 115 Å². The largest absolute Gasteiger partial charge is 0.501 e. The van der Waals surface area contributed by atoms with Crippen molar-refractivity contribution in [1.82, 2.24) is 9.97 Å². The van der Waals surface area contributed by atoms with Gasteiger partial charge >= 0.3 is 0 Å². The van der Waals surface area contributed by atoms with E-state index in [2.05, 4.69) is 92.0 Å². The number of hydrogen-bond donors (Lipinski definition) is 0. The van der Waals surface area contributed by atoms with Crippen molar-refractivity contribution in [2.45, 2.75) is 46.3 Å². The van der Waals surface area contributed by atoms with E-state index in [1.165, 1.54) is 27.7 Å². The van der Waals surface area contributed by atoms with Gasteiger partial charge in [-0.25, -0.2) is 0 Å². The molecule has 3 aromatic carbocycles. The minimum Gasteiger partial charge on any atom is -0.501 e. The van der Waals surface area contributed by atoms with Gasteiger partial charge in [0.15, 0.2) is 0 Å². The molecule has 0 fully saturated rings. The Morgan fingerprint density at radius 1 is 0.875 bits per heavy atom. The Morgan fingerprint density at radius 3 is 2.40 bits per heavy atom. The third kappa shape index (κ3) is 6.33.